The second-order valence-corrected chi connectivity index (χ2v) is 16.0. The number of fused-ring (bicyclic) bond motifs is 10. The van der Waals surface area contributed by atoms with Gasteiger partial charge >= 0.3 is 0 Å². The molecule has 1 aliphatic rings. The molecule has 1 aliphatic carbocycles. The molecule has 0 fully saturated rings. The fraction of sp³-hybridized carbons (Fsp3) is 0.0556. The number of hydrogen-bond acceptors (Lipinski definition) is 3. The Hall–Kier alpha value is -7.43. The van der Waals surface area contributed by atoms with Gasteiger partial charge in [-0.3, -0.25) is 4.57 Å². The number of furan rings is 1. The lowest BCUT2D eigenvalue weighted by molar-refractivity contribution is 0.662. The van der Waals surface area contributed by atoms with E-state index in [0.29, 0.717) is 0 Å². The first-order valence-corrected chi connectivity index (χ1v) is 20.0. The van der Waals surface area contributed by atoms with Gasteiger partial charge in [-0.15, -0.1) is 0 Å². The molecule has 0 aliphatic heterocycles. The summed E-state index contributed by atoms with van der Waals surface area (Å²) in [6, 6.07) is 67.7. The summed E-state index contributed by atoms with van der Waals surface area (Å²) in [5, 5.41) is 7.15. The van der Waals surface area contributed by atoms with Crippen molar-refractivity contribution in [3.8, 4) is 28.2 Å². The zero-order valence-electron chi connectivity index (χ0n) is 32.1. The molecule has 274 valence electrons. The maximum absolute atomic E-state index is 6.23. The number of aromatic nitrogens is 2. The first-order valence-electron chi connectivity index (χ1n) is 20.0. The standard InChI is InChI=1S/C54H37N3O/c1-54(2)47-28-36-23-22-34-24-25-39(56(37-16-8-4-9-17-37)40-26-27-52-46(30-40)41-20-12-13-21-51(41)58-52)29-42(34)43(36)31-44(47)45-32-50-49(33-48(45)54)55-53(35-14-6-3-7-15-35)57(50)38-18-10-5-11-19-38/h3-33H,1-2H3. The van der Waals surface area contributed by atoms with Crippen LogP contribution in [0.1, 0.15) is 25.0 Å². The molecule has 0 atom stereocenters. The van der Waals surface area contributed by atoms with E-state index in [9.17, 15) is 0 Å². The number of anilines is 3. The predicted molar refractivity (Wildman–Crippen MR) is 241 cm³/mol. The highest BCUT2D eigenvalue weighted by Gasteiger charge is 2.37. The van der Waals surface area contributed by atoms with Gasteiger partial charge in [-0.1, -0.05) is 117 Å². The maximum Gasteiger partial charge on any atom is 0.145 e. The van der Waals surface area contributed by atoms with Crippen LogP contribution < -0.4 is 4.90 Å². The molecule has 58 heavy (non-hydrogen) atoms. The van der Waals surface area contributed by atoms with Crippen molar-refractivity contribution < 1.29 is 4.42 Å². The molecule has 0 unspecified atom stereocenters. The van der Waals surface area contributed by atoms with Crippen LogP contribution in [0.5, 0.6) is 0 Å². The molecule has 0 saturated carbocycles. The third kappa shape index (κ3) is 4.85. The predicted octanol–water partition coefficient (Wildman–Crippen LogP) is 14.7. The summed E-state index contributed by atoms with van der Waals surface area (Å²) in [5.74, 6) is 0.948. The first-order chi connectivity index (χ1) is 28.5. The highest BCUT2D eigenvalue weighted by Crippen LogP contribution is 2.52. The van der Waals surface area contributed by atoms with Crippen molar-refractivity contribution in [3.63, 3.8) is 0 Å². The molecule has 2 heterocycles. The van der Waals surface area contributed by atoms with Crippen molar-refractivity contribution in [2.75, 3.05) is 4.90 Å². The van der Waals surface area contributed by atoms with Gasteiger partial charge in [0.05, 0.1) is 11.0 Å². The normalized spacial score (nSPS) is 13.1. The first kappa shape index (κ1) is 32.8. The highest BCUT2D eigenvalue weighted by molar-refractivity contribution is 6.12. The Balaban J connectivity index is 1.07. The molecule has 0 radical (unpaired) electrons. The van der Waals surface area contributed by atoms with Crippen molar-refractivity contribution in [2.45, 2.75) is 19.3 Å². The largest absolute Gasteiger partial charge is 0.456 e. The summed E-state index contributed by atoms with van der Waals surface area (Å²) in [7, 11) is 0. The third-order valence-electron chi connectivity index (χ3n) is 12.3. The molecule has 11 aromatic rings. The number of benzene rings is 9. The molecular weight excluding hydrogens is 707 g/mol. The van der Waals surface area contributed by atoms with Crippen LogP contribution in [0.15, 0.2) is 192 Å². The van der Waals surface area contributed by atoms with Crippen molar-refractivity contribution in [3.05, 3.63) is 199 Å². The number of nitrogens with zero attached hydrogens (tertiary/aromatic N) is 3. The third-order valence-corrected chi connectivity index (χ3v) is 12.3. The van der Waals surface area contributed by atoms with Crippen molar-refractivity contribution >= 4 is 71.6 Å². The van der Waals surface area contributed by atoms with Crippen LogP contribution in [-0.2, 0) is 5.41 Å². The van der Waals surface area contributed by atoms with E-state index in [-0.39, 0.29) is 5.41 Å². The Labute approximate surface area is 335 Å². The number of imidazole rings is 1. The van der Waals surface area contributed by atoms with Gasteiger partial charge in [-0.25, -0.2) is 4.98 Å². The Bertz CT molecular complexity index is 3420. The Kier molecular flexibility index (Phi) is 6.94. The van der Waals surface area contributed by atoms with Gasteiger partial charge in [-0.2, -0.15) is 0 Å². The minimum absolute atomic E-state index is 0.201. The second kappa shape index (κ2) is 12.3. The molecular formula is C54H37N3O. The fourth-order valence-corrected chi connectivity index (χ4v) is 9.47. The minimum atomic E-state index is -0.201. The molecule has 2 aromatic heterocycles. The molecule has 0 saturated heterocycles. The summed E-state index contributed by atoms with van der Waals surface area (Å²) in [6.45, 7) is 4.72. The Morgan fingerprint density at radius 3 is 1.90 bits per heavy atom. The Morgan fingerprint density at radius 2 is 1.09 bits per heavy atom. The van der Waals surface area contributed by atoms with E-state index in [1.165, 1.54) is 43.8 Å². The monoisotopic (exact) mass is 743 g/mol. The van der Waals surface area contributed by atoms with Crippen LogP contribution in [0.25, 0.3) is 82.7 Å². The fourth-order valence-electron chi connectivity index (χ4n) is 9.47. The van der Waals surface area contributed by atoms with Crippen LogP contribution in [0.2, 0.25) is 0 Å². The lowest BCUT2D eigenvalue weighted by Gasteiger charge is -2.26. The van der Waals surface area contributed by atoms with Gasteiger partial charge in [0.25, 0.3) is 0 Å². The maximum atomic E-state index is 6.23. The summed E-state index contributed by atoms with van der Waals surface area (Å²) in [4.78, 5) is 7.68. The van der Waals surface area contributed by atoms with Crippen molar-refractivity contribution in [1.29, 1.82) is 0 Å². The van der Waals surface area contributed by atoms with Gasteiger partial charge < -0.3 is 9.32 Å². The van der Waals surface area contributed by atoms with Gasteiger partial charge in [-0.05, 0) is 129 Å². The average molecular weight is 744 g/mol. The minimum Gasteiger partial charge on any atom is -0.456 e. The van der Waals surface area contributed by atoms with E-state index >= 15 is 0 Å². The zero-order valence-corrected chi connectivity index (χ0v) is 32.1. The van der Waals surface area contributed by atoms with E-state index in [1.54, 1.807) is 0 Å². The number of para-hydroxylation sites is 3. The summed E-state index contributed by atoms with van der Waals surface area (Å²) in [6.07, 6.45) is 0. The number of hydrogen-bond donors (Lipinski definition) is 0. The van der Waals surface area contributed by atoms with Crippen LogP contribution in [0.4, 0.5) is 17.1 Å². The van der Waals surface area contributed by atoms with Crippen LogP contribution in [-0.4, -0.2) is 9.55 Å². The smallest absolute Gasteiger partial charge is 0.145 e. The second-order valence-electron chi connectivity index (χ2n) is 16.0. The summed E-state index contributed by atoms with van der Waals surface area (Å²) >= 11 is 0. The molecule has 12 rings (SSSR count). The lowest BCUT2D eigenvalue weighted by atomic mass is 9.81. The van der Waals surface area contributed by atoms with E-state index in [1.807, 2.05) is 12.1 Å². The molecule has 4 heteroatoms. The highest BCUT2D eigenvalue weighted by atomic mass is 16.3. The van der Waals surface area contributed by atoms with Crippen molar-refractivity contribution in [1.82, 2.24) is 9.55 Å². The number of rotatable bonds is 5. The average Bonchev–Trinajstić information content (AvgIpc) is 3.90. The topological polar surface area (TPSA) is 34.2 Å². The molecule has 9 aromatic carbocycles. The van der Waals surface area contributed by atoms with E-state index in [2.05, 4.69) is 199 Å². The Morgan fingerprint density at radius 1 is 0.483 bits per heavy atom. The lowest BCUT2D eigenvalue weighted by Crippen LogP contribution is -2.15. The van der Waals surface area contributed by atoms with Crippen LogP contribution in [0.3, 0.4) is 0 Å². The molecule has 0 bridgehead atoms. The molecule has 0 spiro atoms. The summed E-state index contributed by atoms with van der Waals surface area (Å²) < 4.78 is 8.55. The summed E-state index contributed by atoms with van der Waals surface area (Å²) in [5.41, 5.74) is 14.4. The van der Waals surface area contributed by atoms with Crippen LogP contribution >= 0.6 is 0 Å². The van der Waals surface area contributed by atoms with Gasteiger partial charge in [0.1, 0.15) is 17.0 Å². The van der Waals surface area contributed by atoms with Gasteiger partial charge in [0.15, 0.2) is 0 Å². The SMILES string of the molecule is CC1(C)c2cc3ccc4ccc(N(c5ccccc5)c5ccc6oc7ccccc7c6c5)cc4c3cc2-c2cc3c(cc21)nc(-c1ccccc1)n3-c1ccccc1. The van der Waals surface area contributed by atoms with Gasteiger partial charge in [0, 0.05) is 44.5 Å². The quantitative estimate of drug-likeness (QED) is 0.165. The zero-order chi connectivity index (χ0) is 38.5. The van der Waals surface area contributed by atoms with E-state index in [4.69, 9.17) is 9.40 Å². The molecule has 4 nitrogen and oxygen atoms in total. The van der Waals surface area contributed by atoms with E-state index < -0.39 is 0 Å². The van der Waals surface area contributed by atoms with Crippen LogP contribution in [0, 0.1) is 0 Å². The van der Waals surface area contributed by atoms with E-state index in [0.717, 1.165) is 67.1 Å². The molecule has 0 N–H and O–H groups in total. The van der Waals surface area contributed by atoms with Crippen molar-refractivity contribution in [2.24, 2.45) is 0 Å². The van der Waals surface area contributed by atoms with Gasteiger partial charge in [0.2, 0.25) is 0 Å². The molecule has 0 amide bonds.